The minimum absolute atomic E-state index is 0.0251. The van der Waals surface area contributed by atoms with Crippen molar-refractivity contribution in [3.05, 3.63) is 57.4 Å². The molecule has 3 rings (SSSR count). The molecule has 1 saturated heterocycles. The molecule has 2 heterocycles. The van der Waals surface area contributed by atoms with Crippen molar-refractivity contribution in [3.8, 4) is 0 Å². The van der Waals surface area contributed by atoms with Crippen LogP contribution >= 0.6 is 11.8 Å². The molecular formula is C16H15F4NS. The Morgan fingerprint density at radius 2 is 2.05 bits per heavy atom. The van der Waals surface area contributed by atoms with Crippen LogP contribution in [0.1, 0.15) is 18.1 Å². The van der Waals surface area contributed by atoms with E-state index in [2.05, 4.69) is 4.90 Å². The predicted molar refractivity (Wildman–Crippen MR) is 79.9 cm³/mol. The zero-order valence-electron chi connectivity index (χ0n) is 12.0. The molecule has 0 aliphatic carbocycles. The van der Waals surface area contributed by atoms with Gasteiger partial charge in [0, 0.05) is 30.8 Å². The number of hydrogen-bond acceptors (Lipinski definition) is 2. The maximum atomic E-state index is 14.0. The van der Waals surface area contributed by atoms with Gasteiger partial charge in [0.25, 0.3) is 0 Å². The minimum atomic E-state index is -4.54. The lowest BCUT2D eigenvalue weighted by Crippen LogP contribution is -2.24. The molecule has 1 aromatic rings. The number of nitrogens with zero attached hydrogens (tertiary/aromatic N) is 1. The number of thioether (sulfide) groups is 1. The number of allylic oxidation sites excluding steroid dienone is 2. The van der Waals surface area contributed by atoms with Crippen LogP contribution in [-0.4, -0.2) is 23.7 Å². The van der Waals surface area contributed by atoms with Crippen molar-refractivity contribution in [2.45, 2.75) is 19.5 Å². The molecule has 2 aliphatic rings. The Bertz CT molecular complexity index is 661. The summed E-state index contributed by atoms with van der Waals surface area (Å²) >= 11 is 1.64. The zero-order valence-corrected chi connectivity index (χ0v) is 12.8. The van der Waals surface area contributed by atoms with Crippen LogP contribution in [0.4, 0.5) is 17.6 Å². The fraction of sp³-hybridized carbons (Fsp3) is 0.375. The Morgan fingerprint density at radius 1 is 1.27 bits per heavy atom. The first-order valence-corrected chi connectivity index (χ1v) is 7.99. The Balaban J connectivity index is 2.05. The highest BCUT2D eigenvalue weighted by Crippen LogP contribution is 2.40. The number of benzene rings is 1. The minimum Gasteiger partial charge on any atom is -0.362 e. The Hall–Kier alpha value is -1.43. The van der Waals surface area contributed by atoms with Crippen LogP contribution < -0.4 is 0 Å². The van der Waals surface area contributed by atoms with Crippen LogP contribution in [0.5, 0.6) is 0 Å². The van der Waals surface area contributed by atoms with Gasteiger partial charge in [0.15, 0.2) is 0 Å². The third-order valence-corrected chi connectivity index (χ3v) is 5.18. The number of rotatable bonds is 2. The third kappa shape index (κ3) is 2.76. The number of halogens is 4. The number of hydrogen-bond donors (Lipinski definition) is 0. The molecule has 0 N–H and O–H groups in total. The van der Waals surface area contributed by atoms with E-state index in [1.165, 1.54) is 0 Å². The molecule has 0 radical (unpaired) electrons. The summed E-state index contributed by atoms with van der Waals surface area (Å²) < 4.78 is 53.4. The Labute approximate surface area is 130 Å². The van der Waals surface area contributed by atoms with Crippen LogP contribution in [-0.2, 0) is 12.6 Å². The van der Waals surface area contributed by atoms with Gasteiger partial charge in [-0.05, 0) is 30.2 Å². The van der Waals surface area contributed by atoms with E-state index in [4.69, 9.17) is 0 Å². The molecule has 0 bridgehead atoms. The molecular weight excluding hydrogens is 314 g/mol. The smallest absolute Gasteiger partial charge is 0.362 e. The Morgan fingerprint density at radius 3 is 2.77 bits per heavy atom. The van der Waals surface area contributed by atoms with Gasteiger partial charge in [-0.15, -0.1) is 11.8 Å². The summed E-state index contributed by atoms with van der Waals surface area (Å²) in [6.07, 6.45) is -2.57. The SMILES string of the molecule is CC1=CCN2CCSC2=C1Cc1c(F)cccc1C(F)(F)F. The molecule has 1 aromatic carbocycles. The molecule has 0 aromatic heterocycles. The molecule has 0 saturated carbocycles. The molecule has 6 heteroatoms. The lowest BCUT2D eigenvalue weighted by molar-refractivity contribution is -0.138. The average Bonchev–Trinajstić information content (AvgIpc) is 2.91. The quantitative estimate of drug-likeness (QED) is 0.729. The fourth-order valence-electron chi connectivity index (χ4n) is 2.83. The van der Waals surface area contributed by atoms with E-state index in [1.807, 2.05) is 13.0 Å². The first-order valence-electron chi connectivity index (χ1n) is 7.00. The van der Waals surface area contributed by atoms with Crippen LogP contribution in [0.15, 0.2) is 40.5 Å². The summed E-state index contributed by atoms with van der Waals surface area (Å²) in [6, 6.07) is 3.15. The second-order valence-corrected chi connectivity index (χ2v) is 6.49. The summed E-state index contributed by atoms with van der Waals surface area (Å²) in [7, 11) is 0. The van der Waals surface area contributed by atoms with Gasteiger partial charge < -0.3 is 4.90 Å². The van der Waals surface area contributed by atoms with Crippen molar-refractivity contribution in [1.82, 2.24) is 4.90 Å². The summed E-state index contributed by atoms with van der Waals surface area (Å²) in [5, 5.41) is 0.997. The van der Waals surface area contributed by atoms with Crippen LogP contribution in [0.2, 0.25) is 0 Å². The summed E-state index contributed by atoms with van der Waals surface area (Å²) in [6.45, 7) is 3.55. The summed E-state index contributed by atoms with van der Waals surface area (Å²) in [4.78, 5) is 2.14. The van der Waals surface area contributed by atoms with Gasteiger partial charge in [0.1, 0.15) is 5.82 Å². The lowest BCUT2D eigenvalue weighted by Gasteiger charge is -2.27. The van der Waals surface area contributed by atoms with Crippen molar-refractivity contribution < 1.29 is 17.6 Å². The molecule has 22 heavy (non-hydrogen) atoms. The summed E-state index contributed by atoms with van der Waals surface area (Å²) in [5.41, 5.74) is 0.606. The Kier molecular flexibility index (Phi) is 3.97. The van der Waals surface area contributed by atoms with Crippen LogP contribution in [0.25, 0.3) is 0 Å². The first-order chi connectivity index (χ1) is 10.4. The van der Waals surface area contributed by atoms with E-state index in [9.17, 15) is 17.6 Å². The maximum absolute atomic E-state index is 14.0. The molecule has 118 valence electrons. The average molecular weight is 329 g/mol. The van der Waals surface area contributed by atoms with E-state index >= 15 is 0 Å². The second-order valence-electron chi connectivity index (χ2n) is 5.41. The highest BCUT2D eigenvalue weighted by atomic mass is 32.2. The van der Waals surface area contributed by atoms with E-state index in [0.29, 0.717) is 0 Å². The van der Waals surface area contributed by atoms with Gasteiger partial charge in [-0.2, -0.15) is 13.2 Å². The first kappa shape index (κ1) is 15.5. The van der Waals surface area contributed by atoms with Crippen molar-refractivity contribution >= 4 is 11.8 Å². The number of fused-ring (bicyclic) bond motifs is 1. The molecule has 0 atom stereocenters. The highest BCUT2D eigenvalue weighted by Gasteiger charge is 2.35. The molecule has 0 amide bonds. The van der Waals surface area contributed by atoms with Gasteiger partial charge >= 0.3 is 6.18 Å². The maximum Gasteiger partial charge on any atom is 0.416 e. The van der Waals surface area contributed by atoms with Crippen LogP contribution in [0, 0.1) is 5.82 Å². The summed E-state index contributed by atoms with van der Waals surface area (Å²) in [5.74, 6) is 0.124. The normalized spacial score (nSPS) is 18.6. The van der Waals surface area contributed by atoms with Gasteiger partial charge in [-0.25, -0.2) is 4.39 Å². The fourth-order valence-corrected chi connectivity index (χ4v) is 4.09. The van der Waals surface area contributed by atoms with Crippen molar-refractivity contribution in [2.75, 3.05) is 18.8 Å². The zero-order chi connectivity index (χ0) is 15.9. The molecule has 1 nitrogen and oxygen atoms in total. The monoisotopic (exact) mass is 329 g/mol. The van der Waals surface area contributed by atoms with Crippen LogP contribution in [0.3, 0.4) is 0 Å². The predicted octanol–water partition coefficient (Wildman–Crippen LogP) is 4.61. The third-order valence-electron chi connectivity index (χ3n) is 4.02. The van der Waals surface area contributed by atoms with Crippen molar-refractivity contribution in [2.24, 2.45) is 0 Å². The highest BCUT2D eigenvalue weighted by molar-refractivity contribution is 8.03. The van der Waals surface area contributed by atoms with Gasteiger partial charge in [-0.1, -0.05) is 12.1 Å². The van der Waals surface area contributed by atoms with E-state index in [1.54, 1.807) is 11.8 Å². The van der Waals surface area contributed by atoms with Crippen molar-refractivity contribution in [1.29, 1.82) is 0 Å². The lowest BCUT2D eigenvalue weighted by atomic mass is 9.94. The number of alkyl halides is 3. The van der Waals surface area contributed by atoms with Gasteiger partial charge in [-0.3, -0.25) is 0 Å². The van der Waals surface area contributed by atoms with Gasteiger partial charge in [0.05, 0.1) is 10.6 Å². The van der Waals surface area contributed by atoms with Gasteiger partial charge in [0.2, 0.25) is 0 Å². The molecule has 0 spiro atoms. The van der Waals surface area contributed by atoms with E-state index in [-0.39, 0.29) is 12.0 Å². The van der Waals surface area contributed by atoms with E-state index in [0.717, 1.165) is 53.2 Å². The molecule has 1 fully saturated rings. The largest absolute Gasteiger partial charge is 0.416 e. The molecule has 0 unspecified atom stereocenters. The van der Waals surface area contributed by atoms with E-state index < -0.39 is 17.6 Å². The second kappa shape index (κ2) is 5.65. The molecule has 2 aliphatic heterocycles. The standard InChI is InChI=1S/C16H15F4NS/c1-10-5-6-21-7-8-22-15(21)11(10)9-12-13(16(18,19)20)3-2-4-14(12)17/h2-5H,6-9H2,1H3. The topological polar surface area (TPSA) is 3.24 Å². The van der Waals surface area contributed by atoms with Crippen molar-refractivity contribution in [3.63, 3.8) is 0 Å².